The molecule has 1 heterocycles. The Labute approximate surface area is 120 Å². The lowest BCUT2D eigenvalue weighted by Gasteiger charge is -2.25. The van der Waals surface area contributed by atoms with Crippen molar-refractivity contribution in [3.63, 3.8) is 0 Å². The highest BCUT2D eigenvalue weighted by Gasteiger charge is 2.19. The van der Waals surface area contributed by atoms with Gasteiger partial charge >= 0.3 is 0 Å². The summed E-state index contributed by atoms with van der Waals surface area (Å²) in [6.45, 7) is 4.36. The average molecular weight is 276 g/mol. The van der Waals surface area contributed by atoms with Gasteiger partial charge in [-0.3, -0.25) is 4.79 Å². The third kappa shape index (κ3) is 4.94. The molecule has 2 rings (SSSR count). The van der Waals surface area contributed by atoms with Gasteiger partial charge in [-0.25, -0.2) is 0 Å². The van der Waals surface area contributed by atoms with Gasteiger partial charge in [-0.2, -0.15) is 0 Å². The van der Waals surface area contributed by atoms with Crippen LogP contribution in [0.5, 0.6) is 0 Å². The minimum Gasteiger partial charge on any atom is -0.368 e. The zero-order valence-electron chi connectivity index (χ0n) is 12.1. The van der Waals surface area contributed by atoms with Crippen LogP contribution < -0.4 is 10.6 Å². The second kappa shape index (κ2) is 8.02. The predicted molar refractivity (Wildman–Crippen MR) is 79.6 cm³/mol. The summed E-state index contributed by atoms with van der Waals surface area (Å²) in [5.74, 6) is 0.00459. The van der Waals surface area contributed by atoms with Crippen molar-refractivity contribution in [2.75, 3.05) is 19.7 Å². The lowest BCUT2D eigenvalue weighted by molar-refractivity contribution is -0.132. The molecule has 4 nitrogen and oxygen atoms in total. The molecule has 110 valence electrons. The monoisotopic (exact) mass is 276 g/mol. The molecule has 1 fully saturated rings. The van der Waals surface area contributed by atoms with Crippen LogP contribution in [0.15, 0.2) is 30.3 Å². The van der Waals surface area contributed by atoms with Gasteiger partial charge in [0.1, 0.15) is 6.10 Å². The summed E-state index contributed by atoms with van der Waals surface area (Å²) in [4.78, 5) is 12.0. The number of carbonyl (C=O) groups is 1. The number of nitrogens with one attached hydrogen (secondary N) is 2. The van der Waals surface area contributed by atoms with Crippen molar-refractivity contribution in [1.82, 2.24) is 10.6 Å². The van der Waals surface area contributed by atoms with Crippen LogP contribution in [-0.2, 0) is 16.0 Å². The first-order valence-electron chi connectivity index (χ1n) is 7.42. The Hall–Kier alpha value is -1.39. The molecule has 1 aliphatic rings. The number of hydrogen-bond donors (Lipinski definition) is 2. The first kappa shape index (κ1) is 15.0. The third-order valence-electron chi connectivity index (χ3n) is 3.66. The standard InChI is InChI=1S/C16H24N2O2/c1-13(16(19)18-15-7-10-17-11-8-15)20-12-9-14-5-3-2-4-6-14/h2-6,13,15,17H,7-12H2,1H3,(H,18,19). The summed E-state index contributed by atoms with van der Waals surface area (Å²) >= 11 is 0. The van der Waals surface area contributed by atoms with Gasteiger partial charge in [0.15, 0.2) is 0 Å². The highest BCUT2D eigenvalue weighted by molar-refractivity contribution is 5.80. The molecule has 4 heteroatoms. The maximum absolute atomic E-state index is 12.0. The first-order valence-corrected chi connectivity index (χ1v) is 7.42. The third-order valence-corrected chi connectivity index (χ3v) is 3.66. The summed E-state index contributed by atoms with van der Waals surface area (Å²) in [5, 5.41) is 6.35. The van der Waals surface area contributed by atoms with E-state index in [1.165, 1.54) is 5.56 Å². The molecule has 1 unspecified atom stereocenters. The topological polar surface area (TPSA) is 50.4 Å². The fourth-order valence-corrected chi connectivity index (χ4v) is 2.36. The Morgan fingerprint density at radius 3 is 2.75 bits per heavy atom. The molecule has 1 atom stereocenters. The summed E-state index contributed by atoms with van der Waals surface area (Å²) in [6.07, 6.45) is 2.46. The van der Waals surface area contributed by atoms with Gasteiger partial charge in [0.2, 0.25) is 5.91 Å². The van der Waals surface area contributed by atoms with Crippen molar-refractivity contribution < 1.29 is 9.53 Å². The maximum atomic E-state index is 12.0. The van der Waals surface area contributed by atoms with Crippen molar-refractivity contribution >= 4 is 5.91 Å². The average Bonchev–Trinajstić information content (AvgIpc) is 2.49. The van der Waals surface area contributed by atoms with Crippen LogP contribution in [0.1, 0.15) is 25.3 Å². The van der Waals surface area contributed by atoms with Gasteiger partial charge in [0.05, 0.1) is 6.61 Å². The Balaban J connectivity index is 1.65. The van der Waals surface area contributed by atoms with E-state index in [0.717, 1.165) is 32.4 Å². The molecule has 0 saturated carbocycles. The Bertz CT molecular complexity index is 402. The Kier molecular flexibility index (Phi) is 6.02. The molecule has 20 heavy (non-hydrogen) atoms. The van der Waals surface area contributed by atoms with E-state index in [1.807, 2.05) is 25.1 Å². The van der Waals surface area contributed by atoms with E-state index in [1.54, 1.807) is 0 Å². The van der Waals surface area contributed by atoms with Gasteiger partial charge in [-0.05, 0) is 44.8 Å². The van der Waals surface area contributed by atoms with Crippen molar-refractivity contribution in [1.29, 1.82) is 0 Å². The molecule has 0 spiro atoms. The number of hydrogen-bond acceptors (Lipinski definition) is 3. The van der Waals surface area contributed by atoms with Crippen molar-refractivity contribution in [2.24, 2.45) is 0 Å². The van der Waals surface area contributed by atoms with E-state index >= 15 is 0 Å². The predicted octanol–water partition coefficient (Wildman–Crippen LogP) is 1.50. The molecule has 1 amide bonds. The van der Waals surface area contributed by atoms with Crippen LogP contribution in [0, 0.1) is 0 Å². The number of rotatable bonds is 6. The van der Waals surface area contributed by atoms with Gasteiger partial charge in [-0.15, -0.1) is 0 Å². The van der Waals surface area contributed by atoms with Crippen LogP contribution in [0.25, 0.3) is 0 Å². The van der Waals surface area contributed by atoms with Crippen molar-refractivity contribution in [3.8, 4) is 0 Å². The fourth-order valence-electron chi connectivity index (χ4n) is 2.36. The first-order chi connectivity index (χ1) is 9.75. The zero-order valence-corrected chi connectivity index (χ0v) is 12.1. The molecule has 0 aliphatic carbocycles. The van der Waals surface area contributed by atoms with E-state index < -0.39 is 0 Å². The SMILES string of the molecule is CC(OCCc1ccccc1)C(=O)NC1CCNCC1. The molecule has 0 bridgehead atoms. The second-order valence-corrected chi connectivity index (χ2v) is 5.28. The van der Waals surface area contributed by atoms with Gasteiger partial charge < -0.3 is 15.4 Å². The Morgan fingerprint density at radius 2 is 2.05 bits per heavy atom. The highest BCUT2D eigenvalue weighted by Crippen LogP contribution is 2.04. The largest absolute Gasteiger partial charge is 0.368 e. The van der Waals surface area contributed by atoms with Crippen molar-refractivity contribution in [2.45, 2.75) is 38.3 Å². The van der Waals surface area contributed by atoms with Crippen LogP contribution in [0.3, 0.4) is 0 Å². The lowest BCUT2D eigenvalue weighted by atomic mass is 10.1. The quantitative estimate of drug-likeness (QED) is 0.828. The summed E-state index contributed by atoms with van der Waals surface area (Å²) in [6, 6.07) is 10.5. The van der Waals surface area contributed by atoms with Crippen LogP contribution in [0.2, 0.25) is 0 Å². The zero-order chi connectivity index (χ0) is 14.2. The Morgan fingerprint density at radius 1 is 1.35 bits per heavy atom. The summed E-state index contributed by atoms with van der Waals surface area (Å²) in [7, 11) is 0. The maximum Gasteiger partial charge on any atom is 0.249 e. The molecule has 1 aromatic carbocycles. The van der Waals surface area contributed by atoms with Gasteiger partial charge in [0, 0.05) is 6.04 Å². The van der Waals surface area contributed by atoms with Crippen molar-refractivity contribution in [3.05, 3.63) is 35.9 Å². The van der Waals surface area contributed by atoms with E-state index in [-0.39, 0.29) is 12.0 Å². The minimum absolute atomic E-state index is 0.00459. The van der Waals surface area contributed by atoms with Crippen LogP contribution in [0.4, 0.5) is 0 Å². The summed E-state index contributed by atoms with van der Waals surface area (Å²) < 4.78 is 5.62. The smallest absolute Gasteiger partial charge is 0.249 e. The summed E-state index contributed by atoms with van der Waals surface area (Å²) in [5.41, 5.74) is 1.23. The van der Waals surface area contributed by atoms with E-state index in [0.29, 0.717) is 12.6 Å². The molecule has 1 aromatic rings. The highest BCUT2D eigenvalue weighted by atomic mass is 16.5. The minimum atomic E-state index is -0.381. The molecule has 1 aliphatic heterocycles. The molecule has 0 aromatic heterocycles. The normalized spacial score (nSPS) is 17.6. The van der Waals surface area contributed by atoms with Crippen LogP contribution >= 0.6 is 0 Å². The van der Waals surface area contributed by atoms with E-state index in [2.05, 4.69) is 22.8 Å². The number of ether oxygens (including phenoxy) is 1. The lowest BCUT2D eigenvalue weighted by Crippen LogP contribution is -2.46. The molecule has 2 N–H and O–H groups in total. The van der Waals surface area contributed by atoms with Crippen LogP contribution in [-0.4, -0.2) is 37.7 Å². The molecule has 0 radical (unpaired) electrons. The number of carbonyl (C=O) groups excluding carboxylic acids is 1. The second-order valence-electron chi connectivity index (χ2n) is 5.28. The molecule has 1 saturated heterocycles. The molecular weight excluding hydrogens is 252 g/mol. The van der Waals surface area contributed by atoms with E-state index in [9.17, 15) is 4.79 Å². The van der Waals surface area contributed by atoms with Gasteiger partial charge in [0.25, 0.3) is 0 Å². The molecular formula is C16H24N2O2. The van der Waals surface area contributed by atoms with Gasteiger partial charge in [-0.1, -0.05) is 30.3 Å². The number of piperidine rings is 1. The number of amides is 1. The van der Waals surface area contributed by atoms with E-state index in [4.69, 9.17) is 4.74 Å². The number of benzene rings is 1. The fraction of sp³-hybridized carbons (Fsp3) is 0.562.